The Kier molecular flexibility index (Phi) is 6.77. The van der Waals surface area contributed by atoms with Gasteiger partial charge in [0.1, 0.15) is 17.2 Å². The Hall–Kier alpha value is -3.14. The second kappa shape index (κ2) is 9.49. The number of hydrogen-bond acceptors (Lipinski definition) is 4. The van der Waals surface area contributed by atoms with Gasteiger partial charge in [-0.25, -0.2) is 4.98 Å². The Morgan fingerprint density at radius 1 is 1.03 bits per heavy atom. The molecule has 182 valence electrons. The van der Waals surface area contributed by atoms with E-state index in [1.54, 1.807) is 12.1 Å². The van der Waals surface area contributed by atoms with Gasteiger partial charge in [0, 0.05) is 35.9 Å². The van der Waals surface area contributed by atoms with Crippen LogP contribution in [-0.2, 0) is 23.0 Å². The minimum Gasteiger partial charge on any atom is -0.611 e. The van der Waals surface area contributed by atoms with Crippen molar-refractivity contribution in [3.8, 4) is 28.2 Å². The first-order valence-electron chi connectivity index (χ1n) is 10.9. The third-order valence-electron chi connectivity index (χ3n) is 5.54. The van der Waals surface area contributed by atoms with Gasteiger partial charge in [-0.05, 0) is 67.3 Å². The third-order valence-corrected chi connectivity index (χ3v) is 6.84. The van der Waals surface area contributed by atoms with Crippen LogP contribution < -0.4 is 0 Å². The Labute approximate surface area is 204 Å². The number of rotatable bonds is 6. The van der Waals surface area contributed by atoms with Gasteiger partial charge in [-0.1, -0.05) is 24.3 Å². The van der Waals surface area contributed by atoms with Crippen LogP contribution in [0.4, 0.5) is 13.2 Å². The van der Waals surface area contributed by atoms with Crippen LogP contribution in [0.5, 0.6) is 0 Å². The molecule has 1 atom stereocenters. The molecular weight excluding hydrogens is 475 g/mol. The summed E-state index contributed by atoms with van der Waals surface area (Å²) in [5.41, 5.74) is 0.125. The van der Waals surface area contributed by atoms with E-state index in [4.69, 9.17) is 0 Å². The molecule has 2 heterocycles. The zero-order valence-electron chi connectivity index (χ0n) is 19.4. The van der Waals surface area contributed by atoms with Crippen molar-refractivity contribution in [2.24, 2.45) is 0 Å². The molecule has 0 aliphatic heterocycles. The molecule has 0 saturated heterocycles. The lowest BCUT2D eigenvalue weighted by atomic mass is 10.1. The molecule has 5 nitrogen and oxygen atoms in total. The second-order valence-electron chi connectivity index (χ2n) is 8.51. The van der Waals surface area contributed by atoms with Crippen molar-refractivity contribution in [3.05, 3.63) is 84.4 Å². The van der Waals surface area contributed by atoms with Crippen LogP contribution in [-0.4, -0.2) is 29.9 Å². The fraction of sp³-hybridized carbons (Fsp3) is 0.231. The second-order valence-corrected chi connectivity index (χ2v) is 10.2. The molecule has 0 amide bonds. The van der Waals surface area contributed by atoms with E-state index < -0.39 is 28.5 Å². The summed E-state index contributed by atoms with van der Waals surface area (Å²) in [6.45, 7) is 4.90. The van der Waals surface area contributed by atoms with Gasteiger partial charge < -0.3 is 9.66 Å². The first kappa shape index (κ1) is 25.0. The Morgan fingerprint density at radius 3 is 2.37 bits per heavy atom. The first-order valence-corrected chi connectivity index (χ1v) is 12.2. The lowest BCUT2D eigenvalue weighted by Gasteiger charge is -2.14. The average molecular weight is 500 g/mol. The first-order chi connectivity index (χ1) is 16.5. The average Bonchev–Trinajstić information content (AvgIpc) is 3.29. The Bertz CT molecular complexity index is 1330. The predicted molar refractivity (Wildman–Crippen MR) is 129 cm³/mol. The van der Waals surface area contributed by atoms with Gasteiger partial charge in [0.15, 0.2) is 4.90 Å². The van der Waals surface area contributed by atoms with E-state index in [-0.39, 0.29) is 17.1 Å². The monoisotopic (exact) mass is 499 g/mol. The van der Waals surface area contributed by atoms with Crippen LogP contribution in [0.2, 0.25) is 0 Å². The van der Waals surface area contributed by atoms with Crippen LogP contribution in [0.25, 0.3) is 28.2 Å². The van der Waals surface area contributed by atoms with Gasteiger partial charge in [0.05, 0.1) is 11.3 Å². The smallest absolute Gasteiger partial charge is 0.417 e. The fourth-order valence-electron chi connectivity index (χ4n) is 3.68. The highest BCUT2D eigenvalue weighted by Crippen LogP contribution is 2.38. The number of aliphatic hydroxyl groups is 1. The lowest BCUT2D eigenvalue weighted by Crippen LogP contribution is -2.15. The number of pyridine rings is 1. The van der Waals surface area contributed by atoms with Gasteiger partial charge in [0.2, 0.25) is 0 Å². The molecule has 0 fully saturated rings. The minimum atomic E-state index is -4.60. The van der Waals surface area contributed by atoms with Crippen LogP contribution in [0.1, 0.15) is 32.0 Å². The molecule has 0 radical (unpaired) electrons. The number of nitrogens with zero attached hydrogens (tertiary/aromatic N) is 3. The van der Waals surface area contributed by atoms with Crippen molar-refractivity contribution >= 4 is 11.2 Å². The Morgan fingerprint density at radius 2 is 1.74 bits per heavy atom. The van der Waals surface area contributed by atoms with Gasteiger partial charge >= 0.3 is 6.18 Å². The van der Waals surface area contributed by atoms with E-state index >= 15 is 0 Å². The van der Waals surface area contributed by atoms with Crippen molar-refractivity contribution < 1.29 is 22.8 Å². The van der Waals surface area contributed by atoms with Gasteiger partial charge in [-0.2, -0.15) is 13.2 Å². The molecule has 1 N–H and O–H groups in total. The molecule has 0 saturated carbocycles. The highest BCUT2D eigenvalue weighted by Gasteiger charge is 2.35. The normalized spacial score (nSPS) is 13.1. The maximum Gasteiger partial charge on any atom is 0.417 e. The summed E-state index contributed by atoms with van der Waals surface area (Å²) in [5, 5.41) is 10.5. The summed E-state index contributed by atoms with van der Waals surface area (Å²) in [5.74, 6) is 0.541. The molecule has 35 heavy (non-hydrogen) atoms. The summed E-state index contributed by atoms with van der Waals surface area (Å²) in [6, 6.07) is 15.6. The third kappa shape index (κ3) is 5.27. The molecule has 1 unspecified atom stereocenters. The molecule has 0 aliphatic rings. The summed E-state index contributed by atoms with van der Waals surface area (Å²) in [6.07, 6.45) is -0.853. The molecule has 4 aromatic rings. The van der Waals surface area contributed by atoms with Gasteiger partial charge in [0.25, 0.3) is 0 Å². The summed E-state index contributed by atoms with van der Waals surface area (Å²) < 4.78 is 54.9. The van der Waals surface area contributed by atoms with Crippen LogP contribution in [0.15, 0.2) is 78.1 Å². The topological polar surface area (TPSA) is 74.0 Å². The number of hydrogen-bond donors (Lipinski definition) is 1. The van der Waals surface area contributed by atoms with Crippen molar-refractivity contribution in [2.75, 3.05) is 5.75 Å². The fourth-order valence-corrected chi connectivity index (χ4v) is 4.50. The van der Waals surface area contributed by atoms with E-state index in [0.717, 1.165) is 34.5 Å². The Balaban J connectivity index is 1.81. The summed E-state index contributed by atoms with van der Waals surface area (Å²) in [7, 11) is 0. The van der Waals surface area contributed by atoms with Crippen LogP contribution in [0, 0.1) is 0 Å². The lowest BCUT2D eigenvalue weighted by molar-refractivity contribution is -0.137. The molecule has 2 aromatic heterocycles. The van der Waals surface area contributed by atoms with Crippen molar-refractivity contribution in [2.45, 2.75) is 37.4 Å². The summed E-state index contributed by atoms with van der Waals surface area (Å²) in [4.78, 5) is 8.98. The molecule has 4 rings (SSSR count). The van der Waals surface area contributed by atoms with Gasteiger partial charge in [-0.15, -0.1) is 0 Å². The molecule has 9 heteroatoms. The standard InChI is InChI=1S/C26H24F3N3O2S/c1-4-35(34)20-7-5-6-18(14-20)17-8-10-19(11-9-17)32-16-23(25(2,3)33)31-24(32)21-15-30-13-12-22(21)26(27,28)29/h5-16,33H,4H2,1-3H3. The van der Waals surface area contributed by atoms with Crippen molar-refractivity contribution in [1.29, 1.82) is 0 Å². The van der Waals surface area contributed by atoms with Crippen LogP contribution in [0.3, 0.4) is 0 Å². The molecular formula is C26H24F3N3O2S. The number of halogens is 3. The number of benzene rings is 2. The van der Waals surface area contributed by atoms with E-state index in [9.17, 15) is 22.8 Å². The van der Waals surface area contributed by atoms with Gasteiger partial charge in [-0.3, -0.25) is 9.55 Å². The number of alkyl halides is 3. The molecule has 0 aliphatic carbocycles. The zero-order valence-corrected chi connectivity index (χ0v) is 20.2. The maximum atomic E-state index is 13.7. The van der Waals surface area contributed by atoms with Crippen molar-refractivity contribution in [1.82, 2.24) is 14.5 Å². The zero-order chi connectivity index (χ0) is 25.4. The van der Waals surface area contributed by atoms with E-state index in [1.807, 2.05) is 43.3 Å². The highest BCUT2D eigenvalue weighted by atomic mass is 32.2. The van der Waals surface area contributed by atoms with E-state index in [2.05, 4.69) is 9.97 Å². The number of imidazole rings is 1. The van der Waals surface area contributed by atoms with Crippen molar-refractivity contribution in [3.63, 3.8) is 0 Å². The van der Waals surface area contributed by atoms with Crippen LogP contribution >= 0.6 is 0 Å². The molecule has 0 spiro atoms. The molecule has 0 bridgehead atoms. The SMILES string of the molecule is CC[S+]([O-])c1cccc(-c2ccc(-n3cc(C(C)(C)O)nc3-c3cnccc3C(F)(F)F)cc2)c1. The number of aromatic nitrogens is 3. The van der Waals surface area contributed by atoms with E-state index in [1.165, 1.54) is 24.6 Å². The largest absolute Gasteiger partial charge is 0.611 e. The summed E-state index contributed by atoms with van der Waals surface area (Å²) >= 11 is -1.08. The highest BCUT2D eigenvalue weighted by molar-refractivity contribution is 7.91. The quantitative estimate of drug-likeness (QED) is 0.332. The molecule has 2 aromatic carbocycles. The van der Waals surface area contributed by atoms with E-state index in [0.29, 0.717) is 11.4 Å². The minimum absolute atomic E-state index is 0.0237. The maximum absolute atomic E-state index is 13.7. The predicted octanol–water partition coefficient (Wildman–Crippen LogP) is 5.98.